The highest BCUT2D eigenvalue weighted by molar-refractivity contribution is 7.00. The first kappa shape index (κ1) is 34.7. The first-order valence-corrected chi connectivity index (χ1v) is 21.2. The summed E-state index contributed by atoms with van der Waals surface area (Å²) in [4.78, 5) is 10.1. The number of fused-ring (bicyclic) bond motifs is 9. The van der Waals surface area contributed by atoms with Gasteiger partial charge >= 0.3 is 0 Å². The maximum absolute atomic E-state index is 6.63. The van der Waals surface area contributed by atoms with Crippen LogP contribution in [0.25, 0.3) is 66.4 Å². The molecule has 0 amide bonds. The van der Waals surface area contributed by atoms with Crippen molar-refractivity contribution in [2.24, 2.45) is 0 Å². The predicted molar refractivity (Wildman–Crippen MR) is 259 cm³/mol. The van der Waals surface area contributed by atoms with Crippen LogP contribution in [0.15, 0.2) is 223 Å². The number of hydrogen-bond donors (Lipinski definition) is 0. The number of rotatable bonds is 5. The van der Waals surface area contributed by atoms with Crippen molar-refractivity contribution in [2.75, 3.05) is 9.80 Å². The molecular weight excluding hydrogens is 753 g/mol. The van der Waals surface area contributed by atoms with E-state index in [1.54, 1.807) is 0 Å². The van der Waals surface area contributed by atoms with Gasteiger partial charge in [0.2, 0.25) is 5.89 Å². The Labute approximate surface area is 359 Å². The lowest BCUT2D eigenvalue weighted by molar-refractivity contribution is 0.620. The van der Waals surface area contributed by atoms with Crippen LogP contribution in [0.4, 0.5) is 34.1 Å². The minimum absolute atomic E-state index is 0.0587. The van der Waals surface area contributed by atoms with Crippen LogP contribution >= 0.6 is 0 Å². The van der Waals surface area contributed by atoms with Crippen molar-refractivity contribution in [1.82, 2.24) is 4.98 Å². The Bertz CT molecular complexity index is 3300. The van der Waals surface area contributed by atoms with Crippen molar-refractivity contribution in [3.8, 4) is 33.7 Å². The highest BCUT2D eigenvalue weighted by Crippen LogP contribution is 2.49. The summed E-state index contributed by atoms with van der Waals surface area (Å²) in [6, 6.07) is 79.0. The first-order chi connectivity index (χ1) is 30.7. The largest absolute Gasteiger partial charge is 0.436 e. The van der Waals surface area contributed by atoms with Crippen LogP contribution in [0.2, 0.25) is 0 Å². The van der Waals surface area contributed by atoms with E-state index in [0.29, 0.717) is 5.89 Å². The Balaban J connectivity index is 1.14. The molecule has 1 aromatic heterocycles. The van der Waals surface area contributed by atoms with Crippen LogP contribution in [0.5, 0.6) is 0 Å². The highest BCUT2D eigenvalue weighted by atomic mass is 16.3. The molecule has 0 atom stereocenters. The molecule has 2 aliphatic rings. The fourth-order valence-corrected chi connectivity index (χ4v) is 10.0. The molecule has 0 bridgehead atoms. The summed E-state index contributed by atoms with van der Waals surface area (Å²) in [6.45, 7) is -0.0587. The number of hydrogen-bond acceptors (Lipinski definition) is 4. The minimum atomic E-state index is -0.0587. The lowest BCUT2D eigenvalue weighted by Gasteiger charge is -2.45. The summed E-state index contributed by atoms with van der Waals surface area (Å²) in [5.41, 5.74) is 17.8. The molecule has 0 aliphatic carbocycles. The van der Waals surface area contributed by atoms with Crippen molar-refractivity contribution < 1.29 is 4.42 Å². The van der Waals surface area contributed by atoms with Crippen LogP contribution in [0.3, 0.4) is 0 Å². The number of oxazole rings is 1. The number of anilines is 6. The van der Waals surface area contributed by atoms with Crippen molar-refractivity contribution in [3.05, 3.63) is 218 Å². The molecule has 10 aromatic carbocycles. The molecule has 0 fully saturated rings. The molecule has 11 aromatic rings. The summed E-state index contributed by atoms with van der Waals surface area (Å²) in [5.74, 6) is 0.591. The molecule has 4 nitrogen and oxygen atoms in total. The topological polar surface area (TPSA) is 32.5 Å². The van der Waals surface area contributed by atoms with E-state index in [1.165, 1.54) is 71.6 Å². The van der Waals surface area contributed by atoms with E-state index >= 15 is 0 Å². The number of para-hydroxylation sites is 2. The van der Waals surface area contributed by atoms with Gasteiger partial charge in [-0.05, 0) is 97.9 Å². The third kappa shape index (κ3) is 5.31. The van der Waals surface area contributed by atoms with Crippen molar-refractivity contribution in [2.45, 2.75) is 0 Å². The molecule has 0 N–H and O–H groups in total. The maximum Gasteiger partial charge on any atom is 0.252 e. The van der Waals surface area contributed by atoms with E-state index in [1.807, 2.05) is 24.3 Å². The number of benzene rings is 10. The molecule has 0 saturated heterocycles. The van der Waals surface area contributed by atoms with E-state index < -0.39 is 0 Å². The second-order valence-electron chi connectivity index (χ2n) is 16.3. The van der Waals surface area contributed by atoms with E-state index in [9.17, 15) is 0 Å². The second kappa shape index (κ2) is 13.7. The average Bonchev–Trinajstić information content (AvgIpc) is 3.79. The quantitative estimate of drug-likeness (QED) is 0.163. The van der Waals surface area contributed by atoms with E-state index in [0.717, 1.165) is 39.4 Å². The molecule has 2 aliphatic heterocycles. The molecule has 0 spiro atoms. The molecule has 5 heteroatoms. The maximum atomic E-state index is 6.63. The third-order valence-corrected chi connectivity index (χ3v) is 12.8. The van der Waals surface area contributed by atoms with E-state index in [4.69, 9.17) is 9.40 Å². The monoisotopic (exact) mass is 789 g/mol. The van der Waals surface area contributed by atoms with Crippen molar-refractivity contribution in [3.63, 3.8) is 0 Å². The molecule has 0 unspecified atom stereocenters. The summed E-state index contributed by atoms with van der Waals surface area (Å²) in [7, 11) is 0. The summed E-state index contributed by atoms with van der Waals surface area (Å²) >= 11 is 0. The van der Waals surface area contributed by atoms with Gasteiger partial charge in [0.15, 0.2) is 5.58 Å². The molecule has 0 radical (unpaired) electrons. The highest BCUT2D eigenvalue weighted by Gasteiger charge is 2.45. The Morgan fingerprint density at radius 1 is 0.387 bits per heavy atom. The first-order valence-electron chi connectivity index (χ1n) is 21.2. The average molecular weight is 790 g/mol. The van der Waals surface area contributed by atoms with Crippen molar-refractivity contribution >= 4 is 89.9 Å². The number of nitrogens with zero attached hydrogens (tertiary/aromatic N) is 3. The van der Waals surface area contributed by atoms with Crippen LogP contribution in [-0.4, -0.2) is 11.7 Å². The van der Waals surface area contributed by atoms with Gasteiger partial charge < -0.3 is 14.2 Å². The zero-order valence-corrected chi connectivity index (χ0v) is 33.6. The van der Waals surface area contributed by atoms with Gasteiger partial charge in [-0.1, -0.05) is 170 Å². The predicted octanol–water partition coefficient (Wildman–Crippen LogP) is 13.2. The van der Waals surface area contributed by atoms with E-state index in [2.05, 4.69) is 204 Å². The molecular formula is C57H36BN3O. The minimum Gasteiger partial charge on any atom is -0.436 e. The number of aromatic nitrogens is 1. The lowest BCUT2D eigenvalue weighted by Crippen LogP contribution is -2.61. The van der Waals surface area contributed by atoms with Crippen LogP contribution < -0.4 is 26.2 Å². The lowest BCUT2D eigenvalue weighted by atomic mass is 9.33. The van der Waals surface area contributed by atoms with Crippen LogP contribution in [0, 0.1) is 0 Å². The van der Waals surface area contributed by atoms with Gasteiger partial charge in [-0.3, -0.25) is 0 Å². The molecule has 3 heterocycles. The normalized spacial score (nSPS) is 12.7. The van der Waals surface area contributed by atoms with Crippen LogP contribution in [-0.2, 0) is 0 Å². The summed E-state index contributed by atoms with van der Waals surface area (Å²) in [6.07, 6.45) is 0. The van der Waals surface area contributed by atoms with Gasteiger partial charge in [0.25, 0.3) is 6.71 Å². The van der Waals surface area contributed by atoms with Crippen molar-refractivity contribution in [1.29, 1.82) is 0 Å². The Kier molecular flexibility index (Phi) is 7.67. The van der Waals surface area contributed by atoms with Gasteiger partial charge in [0.05, 0.1) is 0 Å². The van der Waals surface area contributed by atoms with Gasteiger partial charge in [0.1, 0.15) is 5.52 Å². The standard InChI is InChI=1S/C57H36BN3O/c1-3-13-37(14-4-1)39-23-29-44(30-24-39)60-51-35-43(57-59-50-21-11-12-22-53(50)62-57)36-52-54(51)58(48-33-27-41-17-7-9-19-46(41)55(48)60)49-34-28-42-18-8-10-20-47(42)56(49)61(52)45-31-25-40(26-32-45)38-15-5-2-6-16-38/h1-36H. The molecule has 62 heavy (non-hydrogen) atoms. The Hall–Kier alpha value is -8.15. The van der Waals surface area contributed by atoms with Gasteiger partial charge in [0, 0.05) is 50.5 Å². The molecule has 288 valence electrons. The van der Waals surface area contributed by atoms with E-state index in [-0.39, 0.29) is 6.71 Å². The third-order valence-electron chi connectivity index (χ3n) is 12.8. The Morgan fingerprint density at radius 3 is 1.35 bits per heavy atom. The zero-order valence-electron chi connectivity index (χ0n) is 33.6. The molecule has 0 saturated carbocycles. The van der Waals surface area contributed by atoms with Gasteiger partial charge in [-0.15, -0.1) is 0 Å². The van der Waals surface area contributed by atoms with Gasteiger partial charge in [-0.25, -0.2) is 4.98 Å². The molecule has 13 rings (SSSR count). The summed E-state index contributed by atoms with van der Waals surface area (Å²) < 4.78 is 6.63. The van der Waals surface area contributed by atoms with Crippen LogP contribution in [0.1, 0.15) is 0 Å². The fraction of sp³-hybridized carbons (Fsp3) is 0. The SMILES string of the molecule is c1ccc(-c2ccc(N3c4cc(-c5nc6ccccc6o5)cc5c4B(c4ccc6ccccc6c43)c3ccc4ccccc4c3N5c3ccc(-c4ccccc4)cc3)cc2)cc1. The zero-order chi connectivity index (χ0) is 40.7. The second-order valence-corrected chi connectivity index (χ2v) is 16.3. The summed E-state index contributed by atoms with van der Waals surface area (Å²) in [5, 5.41) is 4.81. The smallest absolute Gasteiger partial charge is 0.252 e. The fourth-order valence-electron chi connectivity index (χ4n) is 10.0. The Morgan fingerprint density at radius 2 is 0.839 bits per heavy atom. The van der Waals surface area contributed by atoms with Gasteiger partial charge in [-0.2, -0.15) is 0 Å².